The van der Waals surface area contributed by atoms with Crippen molar-refractivity contribution in [3.63, 3.8) is 0 Å². The summed E-state index contributed by atoms with van der Waals surface area (Å²) in [7, 11) is 0. The van der Waals surface area contributed by atoms with Crippen LogP contribution in [0.15, 0.2) is 6.20 Å². The van der Waals surface area contributed by atoms with Crippen LogP contribution in [0.4, 0.5) is 11.8 Å². The van der Waals surface area contributed by atoms with Crippen molar-refractivity contribution < 1.29 is 0 Å². The van der Waals surface area contributed by atoms with E-state index in [-0.39, 0.29) is 0 Å². The number of hydrazine groups is 1. The Morgan fingerprint density at radius 2 is 2.17 bits per heavy atom. The lowest BCUT2D eigenvalue weighted by Gasteiger charge is -2.14. The fraction of sp³-hybridized carbons (Fsp3) is 0.636. The first-order valence-electron chi connectivity index (χ1n) is 6.25. The van der Waals surface area contributed by atoms with Crippen LogP contribution in [0.2, 0.25) is 5.02 Å². The van der Waals surface area contributed by atoms with Crippen molar-refractivity contribution >= 4 is 23.4 Å². The standard InChI is InChI=1S/C11H19ClN6/c12-9-8-15-11(17-13)16-10(9)14-4-3-7-18-5-1-2-6-18/h8H,1-7,13H2,(H2,14,15,16,17). The molecule has 2 rings (SSSR count). The maximum absolute atomic E-state index is 5.99. The third-order valence-electron chi connectivity index (χ3n) is 3.02. The maximum atomic E-state index is 5.99. The summed E-state index contributed by atoms with van der Waals surface area (Å²) in [5.41, 5.74) is 2.40. The van der Waals surface area contributed by atoms with Gasteiger partial charge in [0.1, 0.15) is 5.02 Å². The second-order valence-corrected chi connectivity index (χ2v) is 4.77. The molecule has 1 saturated heterocycles. The number of nitrogens with two attached hydrogens (primary N) is 1. The van der Waals surface area contributed by atoms with E-state index in [1.54, 1.807) is 0 Å². The summed E-state index contributed by atoms with van der Waals surface area (Å²) in [6.45, 7) is 4.43. The minimum Gasteiger partial charge on any atom is -0.369 e. The summed E-state index contributed by atoms with van der Waals surface area (Å²) in [6.07, 6.45) is 5.27. The van der Waals surface area contributed by atoms with Crippen molar-refractivity contribution in [1.29, 1.82) is 0 Å². The molecule has 18 heavy (non-hydrogen) atoms. The topological polar surface area (TPSA) is 79.1 Å². The summed E-state index contributed by atoms with van der Waals surface area (Å²) >= 11 is 5.99. The number of nitrogen functional groups attached to an aromatic ring is 1. The van der Waals surface area contributed by atoms with Gasteiger partial charge in [-0.2, -0.15) is 4.98 Å². The van der Waals surface area contributed by atoms with Crippen LogP contribution in [0.25, 0.3) is 0 Å². The third kappa shape index (κ3) is 3.69. The number of nitrogens with one attached hydrogen (secondary N) is 2. The van der Waals surface area contributed by atoms with Crippen LogP contribution >= 0.6 is 11.6 Å². The van der Waals surface area contributed by atoms with Crippen molar-refractivity contribution in [2.45, 2.75) is 19.3 Å². The lowest BCUT2D eigenvalue weighted by molar-refractivity contribution is 0.337. The van der Waals surface area contributed by atoms with E-state index in [9.17, 15) is 0 Å². The predicted octanol–water partition coefficient (Wildman–Crippen LogP) is 1.31. The van der Waals surface area contributed by atoms with Gasteiger partial charge in [-0.15, -0.1) is 0 Å². The van der Waals surface area contributed by atoms with Crippen LogP contribution in [-0.2, 0) is 0 Å². The van der Waals surface area contributed by atoms with Gasteiger partial charge in [0, 0.05) is 6.54 Å². The number of halogens is 1. The highest BCUT2D eigenvalue weighted by Gasteiger charge is 2.10. The second-order valence-electron chi connectivity index (χ2n) is 4.36. The first-order valence-corrected chi connectivity index (χ1v) is 6.63. The molecule has 0 bridgehead atoms. The number of anilines is 2. The van der Waals surface area contributed by atoms with Crippen LogP contribution in [0, 0.1) is 0 Å². The molecule has 1 aliphatic rings. The summed E-state index contributed by atoms with van der Waals surface area (Å²) in [5.74, 6) is 6.24. The molecule has 6 nitrogen and oxygen atoms in total. The molecule has 0 atom stereocenters. The van der Waals surface area contributed by atoms with Gasteiger partial charge in [-0.25, -0.2) is 10.8 Å². The van der Waals surface area contributed by atoms with Crippen LogP contribution in [0.5, 0.6) is 0 Å². The Morgan fingerprint density at radius 1 is 1.39 bits per heavy atom. The average Bonchev–Trinajstić information content (AvgIpc) is 2.89. The Kier molecular flexibility index (Phi) is 4.98. The third-order valence-corrected chi connectivity index (χ3v) is 3.29. The number of nitrogens with zero attached hydrogens (tertiary/aromatic N) is 3. The molecule has 0 radical (unpaired) electrons. The quantitative estimate of drug-likeness (QED) is 0.411. The highest BCUT2D eigenvalue weighted by atomic mass is 35.5. The fourth-order valence-electron chi connectivity index (χ4n) is 2.08. The molecule has 1 aliphatic heterocycles. The van der Waals surface area contributed by atoms with Gasteiger partial charge < -0.3 is 10.2 Å². The van der Waals surface area contributed by atoms with E-state index in [1.165, 1.54) is 32.1 Å². The molecular weight excluding hydrogens is 252 g/mol. The Balaban J connectivity index is 1.75. The lowest BCUT2D eigenvalue weighted by Crippen LogP contribution is -2.22. The minimum absolute atomic E-state index is 0.362. The lowest BCUT2D eigenvalue weighted by atomic mass is 10.4. The van der Waals surface area contributed by atoms with E-state index < -0.39 is 0 Å². The van der Waals surface area contributed by atoms with Gasteiger partial charge in [0.2, 0.25) is 5.95 Å². The van der Waals surface area contributed by atoms with Crippen LogP contribution < -0.4 is 16.6 Å². The highest BCUT2D eigenvalue weighted by Crippen LogP contribution is 2.18. The molecule has 7 heteroatoms. The van der Waals surface area contributed by atoms with Gasteiger partial charge >= 0.3 is 0 Å². The van der Waals surface area contributed by atoms with Crippen molar-refractivity contribution in [2.75, 3.05) is 36.9 Å². The van der Waals surface area contributed by atoms with E-state index in [1.807, 2.05) is 0 Å². The molecule has 4 N–H and O–H groups in total. The molecule has 1 fully saturated rings. The predicted molar refractivity (Wildman–Crippen MR) is 73.6 cm³/mol. The van der Waals surface area contributed by atoms with Crippen molar-refractivity contribution in [3.05, 3.63) is 11.2 Å². The molecule has 0 saturated carbocycles. The van der Waals surface area contributed by atoms with Crippen molar-refractivity contribution in [2.24, 2.45) is 5.84 Å². The molecule has 1 aromatic heterocycles. The number of aromatic nitrogens is 2. The van der Waals surface area contributed by atoms with Crippen molar-refractivity contribution in [3.8, 4) is 0 Å². The number of hydrogen-bond acceptors (Lipinski definition) is 6. The highest BCUT2D eigenvalue weighted by molar-refractivity contribution is 6.32. The summed E-state index contributed by atoms with van der Waals surface area (Å²) in [6, 6.07) is 0. The molecule has 0 unspecified atom stereocenters. The summed E-state index contributed by atoms with van der Waals surface area (Å²) < 4.78 is 0. The molecule has 0 spiro atoms. The average molecular weight is 271 g/mol. The Hall–Kier alpha value is -1.11. The van der Waals surface area contributed by atoms with E-state index in [0.717, 1.165) is 19.5 Å². The summed E-state index contributed by atoms with van der Waals surface area (Å²) in [5, 5.41) is 3.72. The maximum Gasteiger partial charge on any atom is 0.239 e. The second kappa shape index (κ2) is 6.72. The van der Waals surface area contributed by atoms with Gasteiger partial charge in [-0.1, -0.05) is 11.6 Å². The zero-order valence-corrected chi connectivity index (χ0v) is 11.1. The van der Waals surface area contributed by atoms with Crippen LogP contribution in [0.3, 0.4) is 0 Å². The number of hydrogen-bond donors (Lipinski definition) is 3. The monoisotopic (exact) mass is 270 g/mol. The van der Waals surface area contributed by atoms with E-state index in [0.29, 0.717) is 16.8 Å². The summed E-state index contributed by atoms with van der Waals surface area (Å²) in [4.78, 5) is 10.6. The van der Waals surface area contributed by atoms with E-state index >= 15 is 0 Å². The SMILES string of the molecule is NNc1ncc(Cl)c(NCCCN2CCCC2)n1. The molecule has 2 heterocycles. The van der Waals surface area contributed by atoms with Gasteiger partial charge in [0.05, 0.1) is 6.20 Å². The Labute approximate surface area is 112 Å². The zero-order chi connectivity index (χ0) is 12.8. The fourth-order valence-corrected chi connectivity index (χ4v) is 2.23. The Bertz CT molecular complexity index is 380. The van der Waals surface area contributed by atoms with Gasteiger partial charge in [-0.3, -0.25) is 5.43 Å². The van der Waals surface area contributed by atoms with E-state index in [2.05, 4.69) is 25.6 Å². The molecule has 0 aliphatic carbocycles. The van der Waals surface area contributed by atoms with Crippen LogP contribution in [0.1, 0.15) is 19.3 Å². The van der Waals surface area contributed by atoms with Crippen LogP contribution in [-0.4, -0.2) is 41.0 Å². The van der Waals surface area contributed by atoms with Crippen molar-refractivity contribution in [1.82, 2.24) is 14.9 Å². The van der Waals surface area contributed by atoms with E-state index in [4.69, 9.17) is 17.4 Å². The number of rotatable bonds is 6. The molecule has 1 aromatic rings. The Morgan fingerprint density at radius 3 is 2.89 bits per heavy atom. The molecule has 0 amide bonds. The first kappa shape index (κ1) is 13.3. The largest absolute Gasteiger partial charge is 0.369 e. The number of likely N-dealkylation sites (tertiary alicyclic amines) is 1. The molecule has 100 valence electrons. The van der Waals surface area contributed by atoms with Gasteiger partial charge in [0.25, 0.3) is 0 Å². The minimum atomic E-state index is 0.362. The smallest absolute Gasteiger partial charge is 0.239 e. The zero-order valence-electron chi connectivity index (χ0n) is 10.3. The van der Waals surface area contributed by atoms with Gasteiger partial charge in [-0.05, 0) is 38.9 Å². The van der Waals surface area contributed by atoms with Gasteiger partial charge in [0.15, 0.2) is 5.82 Å². The molecular formula is C11H19ClN6. The molecule has 0 aromatic carbocycles. The first-order chi connectivity index (χ1) is 8.79. The normalized spacial score (nSPS) is 15.9.